The van der Waals surface area contributed by atoms with Gasteiger partial charge in [-0.3, -0.25) is 14.9 Å². The molecule has 0 saturated carbocycles. The molecule has 0 spiro atoms. The predicted molar refractivity (Wildman–Crippen MR) is 94.5 cm³/mol. The standard InChI is InChI=1S/C15H20N4O4S/c1-3-14(20)16-15(24)18-8-6-17(7-9-18)12-5-4-11(23-2)10-13(12)19(21)22/h4-5,10H,3,6-9H2,1-2H3,(H,16,20,24). The van der Waals surface area contributed by atoms with Crippen molar-refractivity contribution in [1.29, 1.82) is 0 Å². The molecule has 1 aromatic rings. The Bertz CT molecular complexity index is 644. The van der Waals surface area contributed by atoms with Gasteiger partial charge in [0.05, 0.1) is 18.1 Å². The summed E-state index contributed by atoms with van der Waals surface area (Å²) in [6.07, 6.45) is 0.373. The minimum atomic E-state index is -0.406. The lowest BCUT2D eigenvalue weighted by Crippen LogP contribution is -2.52. The van der Waals surface area contributed by atoms with Gasteiger partial charge in [0, 0.05) is 32.6 Å². The predicted octanol–water partition coefficient (Wildman–Crippen LogP) is 1.54. The number of hydrogen-bond acceptors (Lipinski definition) is 6. The van der Waals surface area contributed by atoms with Crippen LogP contribution in [-0.4, -0.2) is 54.1 Å². The van der Waals surface area contributed by atoms with Gasteiger partial charge in [-0.2, -0.15) is 0 Å². The number of nitro groups is 1. The molecular weight excluding hydrogens is 332 g/mol. The third-order valence-electron chi connectivity index (χ3n) is 3.85. The van der Waals surface area contributed by atoms with E-state index in [0.29, 0.717) is 49.1 Å². The first-order chi connectivity index (χ1) is 11.5. The Labute approximate surface area is 145 Å². The van der Waals surface area contributed by atoms with Crippen molar-refractivity contribution in [1.82, 2.24) is 10.2 Å². The molecule has 1 N–H and O–H groups in total. The van der Waals surface area contributed by atoms with E-state index in [-0.39, 0.29) is 11.6 Å². The first-order valence-electron chi connectivity index (χ1n) is 7.62. The highest BCUT2D eigenvalue weighted by molar-refractivity contribution is 7.80. The molecule has 1 heterocycles. The zero-order chi connectivity index (χ0) is 17.7. The molecule has 0 aliphatic carbocycles. The van der Waals surface area contributed by atoms with Crippen LogP contribution >= 0.6 is 12.2 Å². The molecule has 1 aromatic carbocycles. The minimum absolute atomic E-state index is 0.0182. The molecule has 0 unspecified atom stereocenters. The first-order valence-corrected chi connectivity index (χ1v) is 8.03. The third kappa shape index (κ3) is 4.10. The summed E-state index contributed by atoms with van der Waals surface area (Å²) in [6, 6.07) is 4.83. The fourth-order valence-electron chi connectivity index (χ4n) is 2.48. The van der Waals surface area contributed by atoms with Crippen molar-refractivity contribution in [2.45, 2.75) is 13.3 Å². The van der Waals surface area contributed by atoms with E-state index in [1.54, 1.807) is 19.1 Å². The zero-order valence-corrected chi connectivity index (χ0v) is 14.5. The second kappa shape index (κ2) is 7.91. The number of hydrogen-bond donors (Lipinski definition) is 1. The number of amides is 1. The maximum atomic E-state index is 11.4. The van der Waals surface area contributed by atoms with Crippen LogP contribution < -0.4 is 15.0 Å². The molecule has 0 bridgehead atoms. The number of carbonyl (C=O) groups is 1. The Morgan fingerprint density at radius 2 is 2.04 bits per heavy atom. The summed E-state index contributed by atoms with van der Waals surface area (Å²) in [6.45, 7) is 4.10. The van der Waals surface area contributed by atoms with Crippen molar-refractivity contribution >= 4 is 34.6 Å². The van der Waals surface area contributed by atoms with Gasteiger partial charge < -0.3 is 19.9 Å². The number of benzene rings is 1. The van der Waals surface area contributed by atoms with Gasteiger partial charge in [0.2, 0.25) is 5.91 Å². The number of nitrogens with zero attached hydrogens (tertiary/aromatic N) is 3. The van der Waals surface area contributed by atoms with Gasteiger partial charge in [-0.25, -0.2) is 0 Å². The van der Waals surface area contributed by atoms with Gasteiger partial charge in [0.25, 0.3) is 5.69 Å². The second-order valence-electron chi connectivity index (χ2n) is 5.29. The number of anilines is 1. The van der Waals surface area contributed by atoms with Crippen molar-refractivity contribution in [2.75, 3.05) is 38.2 Å². The molecule has 24 heavy (non-hydrogen) atoms. The molecular formula is C15H20N4O4S. The van der Waals surface area contributed by atoms with E-state index in [0.717, 1.165) is 0 Å². The van der Waals surface area contributed by atoms with Gasteiger partial charge in [0.15, 0.2) is 5.11 Å². The Morgan fingerprint density at radius 3 is 2.58 bits per heavy atom. The van der Waals surface area contributed by atoms with Crippen molar-refractivity contribution < 1.29 is 14.5 Å². The largest absolute Gasteiger partial charge is 0.496 e. The molecule has 1 saturated heterocycles. The maximum absolute atomic E-state index is 11.4. The van der Waals surface area contributed by atoms with Crippen molar-refractivity contribution in [3.05, 3.63) is 28.3 Å². The lowest BCUT2D eigenvalue weighted by molar-refractivity contribution is -0.384. The summed E-state index contributed by atoms with van der Waals surface area (Å²) in [5, 5.41) is 14.4. The molecule has 0 aromatic heterocycles. The van der Waals surface area contributed by atoms with Crippen LogP contribution in [0.3, 0.4) is 0 Å². The topological polar surface area (TPSA) is 88.0 Å². The Hall–Kier alpha value is -2.42. The lowest BCUT2D eigenvalue weighted by atomic mass is 10.2. The molecule has 130 valence electrons. The van der Waals surface area contributed by atoms with Crippen LogP contribution in [0.2, 0.25) is 0 Å². The van der Waals surface area contributed by atoms with E-state index in [2.05, 4.69) is 5.32 Å². The smallest absolute Gasteiger partial charge is 0.296 e. The number of rotatable bonds is 4. The quantitative estimate of drug-likeness (QED) is 0.499. The lowest BCUT2D eigenvalue weighted by Gasteiger charge is -2.37. The van der Waals surface area contributed by atoms with Gasteiger partial charge >= 0.3 is 0 Å². The number of ether oxygens (including phenoxy) is 1. The molecule has 1 aliphatic rings. The Kier molecular flexibility index (Phi) is 5.91. The van der Waals surface area contributed by atoms with E-state index < -0.39 is 4.92 Å². The number of piperazine rings is 1. The van der Waals surface area contributed by atoms with Crippen LogP contribution in [0.4, 0.5) is 11.4 Å². The highest BCUT2D eigenvalue weighted by Gasteiger charge is 2.25. The highest BCUT2D eigenvalue weighted by Crippen LogP contribution is 2.32. The van der Waals surface area contributed by atoms with E-state index in [1.165, 1.54) is 13.2 Å². The summed E-state index contributed by atoms with van der Waals surface area (Å²) >= 11 is 5.22. The molecule has 8 nitrogen and oxygen atoms in total. The average Bonchev–Trinajstić information content (AvgIpc) is 2.61. The summed E-state index contributed by atoms with van der Waals surface area (Å²) in [7, 11) is 1.48. The molecule has 0 radical (unpaired) electrons. The average molecular weight is 352 g/mol. The van der Waals surface area contributed by atoms with Crippen molar-refractivity contribution in [3.8, 4) is 5.75 Å². The fourth-order valence-corrected chi connectivity index (χ4v) is 2.78. The number of nitro benzene ring substituents is 1. The van der Waals surface area contributed by atoms with Crippen LogP contribution in [0, 0.1) is 10.1 Å². The Morgan fingerprint density at radius 1 is 1.38 bits per heavy atom. The summed E-state index contributed by atoms with van der Waals surface area (Å²) in [4.78, 5) is 26.1. The van der Waals surface area contributed by atoms with Crippen LogP contribution in [0.15, 0.2) is 18.2 Å². The van der Waals surface area contributed by atoms with E-state index >= 15 is 0 Å². The molecule has 9 heteroatoms. The van der Waals surface area contributed by atoms with Crippen LogP contribution in [0.1, 0.15) is 13.3 Å². The normalized spacial score (nSPS) is 14.2. The molecule has 2 rings (SSSR count). The van der Waals surface area contributed by atoms with E-state index in [1.807, 2.05) is 9.80 Å². The number of nitrogens with one attached hydrogen (secondary N) is 1. The monoisotopic (exact) mass is 352 g/mol. The minimum Gasteiger partial charge on any atom is -0.496 e. The van der Waals surface area contributed by atoms with E-state index in [4.69, 9.17) is 17.0 Å². The van der Waals surface area contributed by atoms with E-state index in [9.17, 15) is 14.9 Å². The van der Waals surface area contributed by atoms with Gasteiger partial charge in [0.1, 0.15) is 11.4 Å². The van der Waals surface area contributed by atoms with Crippen LogP contribution in [-0.2, 0) is 4.79 Å². The van der Waals surface area contributed by atoms with Crippen LogP contribution in [0.25, 0.3) is 0 Å². The number of methoxy groups -OCH3 is 1. The summed E-state index contributed by atoms with van der Waals surface area (Å²) in [5.41, 5.74) is 0.577. The van der Waals surface area contributed by atoms with Crippen molar-refractivity contribution in [2.24, 2.45) is 0 Å². The number of thiocarbonyl (C=S) groups is 1. The molecule has 1 fully saturated rings. The maximum Gasteiger partial charge on any atom is 0.296 e. The fraction of sp³-hybridized carbons (Fsp3) is 0.467. The zero-order valence-electron chi connectivity index (χ0n) is 13.7. The summed E-state index contributed by atoms with van der Waals surface area (Å²) < 4.78 is 5.05. The Balaban J connectivity index is 2.06. The second-order valence-corrected chi connectivity index (χ2v) is 5.68. The van der Waals surface area contributed by atoms with Crippen LogP contribution in [0.5, 0.6) is 5.75 Å². The van der Waals surface area contributed by atoms with Gasteiger partial charge in [-0.1, -0.05) is 6.92 Å². The highest BCUT2D eigenvalue weighted by atomic mass is 32.1. The molecule has 0 atom stereocenters. The SMILES string of the molecule is CCC(=O)NC(=S)N1CCN(c2ccc(OC)cc2[N+](=O)[O-])CC1. The van der Waals surface area contributed by atoms with Crippen molar-refractivity contribution in [3.63, 3.8) is 0 Å². The number of carbonyl (C=O) groups excluding carboxylic acids is 1. The molecule has 1 amide bonds. The first kappa shape index (κ1) is 17.9. The van der Waals surface area contributed by atoms with Gasteiger partial charge in [-0.05, 0) is 24.4 Å². The molecule has 1 aliphatic heterocycles. The summed E-state index contributed by atoms with van der Waals surface area (Å²) in [5.74, 6) is 0.334. The third-order valence-corrected chi connectivity index (χ3v) is 4.21. The van der Waals surface area contributed by atoms with Gasteiger partial charge in [-0.15, -0.1) is 0 Å².